The standard InChI is InChI=1S/C12H8N2OS2/c15-12(10-2-1-5-16-10)14-8-3-4-9-11(6-8)17-7-13-9/h1-7H,(H,14,15). The fourth-order valence-corrected chi connectivity index (χ4v) is 2.87. The first-order chi connectivity index (χ1) is 8.33. The van der Waals surface area contributed by atoms with Crippen molar-refractivity contribution in [1.82, 2.24) is 4.98 Å². The average Bonchev–Trinajstić information content (AvgIpc) is 2.99. The van der Waals surface area contributed by atoms with E-state index >= 15 is 0 Å². The Morgan fingerprint density at radius 3 is 3.00 bits per heavy atom. The Labute approximate surface area is 106 Å². The van der Waals surface area contributed by atoms with E-state index in [1.54, 1.807) is 16.8 Å². The topological polar surface area (TPSA) is 42.0 Å². The number of amides is 1. The fraction of sp³-hybridized carbons (Fsp3) is 0. The molecule has 5 heteroatoms. The van der Waals surface area contributed by atoms with Crippen molar-refractivity contribution in [2.24, 2.45) is 0 Å². The Bertz CT molecular complexity index is 658. The second-order valence-electron chi connectivity index (χ2n) is 3.47. The second-order valence-corrected chi connectivity index (χ2v) is 5.30. The molecule has 0 unspecified atom stereocenters. The van der Waals surface area contributed by atoms with E-state index in [9.17, 15) is 4.79 Å². The molecule has 0 aliphatic heterocycles. The van der Waals surface area contributed by atoms with E-state index in [0.717, 1.165) is 20.8 Å². The van der Waals surface area contributed by atoms with Crippen molar-refractivity contribution in [2.45, 2.75) is 0 Å². The number of thiophene rings is 1. The summed E-state index contributed by atoms with van der Waals surface area (Å²) in [7, 11) is 0. The van der Waals surface area contributed by atoms with Crippen molar-refractivity contribution >= 4 is 44.5 Å². The van der Waals surface area contributed by atoms with Gasteiger partial charge in [-0.2, -0.15) is 0 Å². The van der Waals surface area contributed by atoms with Crippen LogP contribution in [0.4, 0.5) is 5.69 Å². The van der Waals surface area contributed by atoms with Gasteiger partial charge in [-0.15, -0.1) is 22.7 Å². The minimum absolute atomic E-state index is 0.0659. The van der Waals surface area contributed by atoms with Crippen molar-refractivity contribution in [1.29, 1.82) is 0 Å². The van der Waals surface area contributed by atoms with Crippen LogP contribution in [0.2, 0.25) is 0 Å². The monoisotopic (exact) mass is 260 g/mol. The molecule has 0 spiro atoms. The Kier molecular flexibility index (Phi) is 2.62. The van der Waals surface area contributed by atoms with Crippen LogP contribution in [0.15, 0.2) is 41.2 Å². The van der Waals surface area contributed by atoms with Gasteiger partial charge in [-0.1, -0.05) is 6.07 Å². The molecule has 17 heavy (non-hydrogen) atoms. The van der Waals surface area contributed by atoms with Gasteiger partial charge in [0.2, 0.25) is 0 Å². The number of nitrogens with one attached hydrogen (secondary N) is 1. The molecule has 0 aliphatic rings. The predicted octanol–water partition coefficient (Wildman–Crippen LogP) is 3.61. The molecule has 0 radical (unpaired) electrons. The summed E-state index contributed by atoms with van der Waals surface area (Å²) < 4.78 is 1.08. The Morgan fingerprint density at radius 1 is 1.24 bits per heavy atom. The highest BCUT2D eigenvalue weighted by Crippen LogP contribution is 2.22. The van der Waals surface area contributed by atoms with Crippen molar-refractivity contribution in [3.05, 3.63) is 46.1 Å². The van der Waals surface area contributed by atoms with Gasteiger partial charge < -0.3 is 5.32 Å². The summed E-state index contributed by atoms with van der Waals surface area (Å²) in [5.74, 6) is -0.0659. The van der Waals surface area contributed by atoms with E-state index in [1.165, 1.54) is 11.3 Å². The van der Waals surface area contributed by atoms with Crippen molar-refractivity contribution in [3.63, 3.8) is 0 Å². The summed E-state index contributed by atoms with van der Waals surface area (Å²) >= 11 is 3.00. The molecule has 0 saturated heterocycles. The lowest BCUT2D eigenvalue weighted by atomic mass is 10.3. The highest BCUT2D eigenvalue weighted by atomic mass is 32.1. The lowest BCUT2D eigenvalue weighted by molar-refractivity contribution is 0.103. The van der Waals surface area contributed by atoms with Crippen LogP contribution in [0.5, 0.6) is 0 Å². The zero-order valence-electron chi connectivity index (χ0n) is 8.71. The number of carbonyl (C=O) groups excluding carboxylic acids is 1. The molecule has 1 amide bonds. The number of hydrogen-bond acceptors (Lipinski definition) is 4. The summed E-state index contributed by atoms with van der Waals surface area (Å²) in [5.41, 5.74) is 3.57. The lowest BCUT2D eigenvalue weighted by Gasteiger charge is -2.02. The van der Waals surface area contributed by atoms with Gasteiger partial charge in [0.1, 0.15) is 0 Å². The zero-order valence-corrected chi connectivity index (χ0v) is 10.3. The van der Waals surface area contributed by atoms with Crippen LogP contribution in [-0.2, 0) is 0 Å². The minimum atomic E-state index is -0.0659. The van der Waals surface area contributed by atoms with Crippen LogP contribution < -0.4 is 5.32 Å². The number of fused-ring (bicyclic) bond motifs is 1. The molecule has 3 nitrogen and oxygen atoms in total. The smallest absolute Gasteiger partial charge is 0.265 e. The number of nitrogens with zero attached hydrogens (tertiary/aromatic N) is 1. The van der Waals surface area contributed by atoms with Crippen molar-refractivity contribution in [3.8, 4) is 0 Å². The molecule has 3 aromatic rings. The van der Waals surface area contributed by atoms with Gasteiger partial charge in [-0.05, 0) is 29.6 Å². The number of thiazole rings is 1. The van der Waals surface area contributed by atoms with E-state index in [1.807, 2.05) is 35.7 Å². The Hall–Kier alpha value is -1.72. The summed E-state index contributed by atoms with van der Waals surface area (Å²) in [5, 5.41) is 4.77. The zero-order chi connectivity index (χ0) is 11.7. The van der Waals surface area contributed by atoms with Crippen LogP contribution in [-0.4, -0.2) is 10.9 Å². The van der Waals surface area contributed by atoms with E-state index in [2.05, 4.69) is 10.3 Å². The molecule has 1 aromatic carbocycles. The summed E-state index contributed by atoms with van der Waals surface area (Å²) in [6, 6.07) is 9.40. The maximum Gasteiger partial charge on any atom is 0.265 e. The molecule has 2 heterocycles. The SMILES string of the molecule is O=C(Nc1ccc2ncsc2c1)c1cccs1. The third-order valence-electron chi connectivity index (χ3n) is 2.33. The van der Waals surface area contributed by atoms with Crippen LogP contribution in [0.1, 0.15) is 9.67 Å². The quantitative estimate of drug-likeness (QED) is 0.764. The van der Waals surface area contributed by atoms with Gasteiger partial charge in [-0.3, -0.25) is 4.79 Å². The van der Waals surface area contributed by atoms with Crippen LogP contribution in [0, 0.1) is 0 Å². The molecular weight excluding hydrogens is 252 g/mol. The molecular formula is C12H8N2OS2. The highest BCUT2D eigenvalue weighted by molar-refractivity contribution is 7.16. The molecule has 0 fully saturated rings. The minimum Gasteiger partial charge on any atom is -0.321 e. The van der Waals surface area contributed by atoms with E-state index in [4.69, 9.17) is 0 Å². The third-order valence-corrected chi connectivity index (χ3v) is 3.99. The first-order valence-electron chi connectivity index (χ1n) is 5.01. The van der Waals surface area contributed by atoms with E-state index < -0.39 is 0 Å². The Morgan fingerprint density at radius 2 is 2.18 bits per heavy atom. The molecule has 3 rings (SSSR count). The first-order valence-corrected chi connectivity index (χ1v) is 6.77. The Balaban J connectivity index is 1.87. The van der Waals surface area contributed by atoms with E-state index in [0.29, 0.717) is 0 Å². The van der Waals surface area contributed by atoms with E-state index in [-0.39, 0.29) is 5.91 Å². The summed E-state index contributed by atoms with van der Waals surface area (Å²) in [6.07, 6.45) is 0. The van der Waals surface area contributed by atoms with Gasteiger partial charge in [-0.25, -0.2) is 4.98 Å². The number of carbonyl (C=O) groups is 1. The number of rotatable bonds is 2. The summed E-state index contributed by atoms with van der Waals surface area (Å²) in [6.45, 7) is 0. The number of benzene rings is 1. The largest absolute Gasteiger partial charge is 0.321 e. The molecule has 84 valence electrons. The van der Waals surface area contributed by atoms with Gasteiger partial charge in [0.05, 0.1) is 20.6 Å². The third kappa shape index (κ3) is 2.07. The fourth-order valence-electron chi connectivity index (χ4n) is 1.53. The number of hydrogen-bond donors (Lipinski definition) is 1. The molecule has 0 saturated carbocycles. The molecule has 0 bridgehead atoms. The van der Waals surface area contributed by atoms with Crippen LogP contribution in [0.3, 0.4) is 0 Å². The highest BCUT2D eigenvalue weighted by Gasteiger charge is 2.07. The van der Waals surface area contributed by atoms with Crippen molar-refractivity contribution in [2.75, 3.05) is 5.32 Å². The van der Waals surface area contributed by atoms with Crippen LogP contribution >= 0.6 is 22.7 Å². The van der Waals surface area contributed by atoms with Crippen molar-refractivity contribution < 1.29 is 4.79 Å². The van der Waals surface area contributed by atoms with Crippen LogP contribution in [0.25, 0.3) is 10.2 Å². The first kappa shape index (κ1) is 10.4. The van der Waals surface area contributed by atoms with Gasteiger partial charge in [0.25, 0.3) is 5.91 Å². The average molecular weight is 260 g/mol. The molecule has 2 aromatic heterocycles. The normalized spacial score (nSPS) is 10.6. The molecule has 0 aliphatic carbocycles. The lowest BCUT2D eigenvalue weighted by Crippen LogP contribution is -2.09. The van der Waals surface area contributed by atoms with Gasteiger partial charge in [0, 0.05) is 5.69 Å². The predicted molar refractivity (Wildman–Crippen MR) is 71.9 cm³/mol. The summed E-state index contributed by atoms with van der Waals surface area (Å²) in [4.78, 5) is 16.8. The maximum absolute atomic E-state index is 11.8. The number of aromatic nitrogens is 1. The van der Waals surface area contributed by atoms with Gasteiger partial charge in [0.15, 0.2) is 0 Å². The maximum atomic E-state index is 11.8. The molecule has 1 N–H and O–H groups in total. The molecule has 0 atom stereocenters. The van der Waals surface area contributed by atoms with Gasteiger partial charge >= 0.3 is 0 Å². The number of anilines is 1. The second kappa shape index (κ2) is 4.27.